The van der Waals surface area contributed by atoms with Gasteiger partial charge >= 0.3 is 0 Å². The largest absolute Gasteiger partial charge is 0.396 e. The normalized spacial score (nSPS) is 13.5. The molecule has 5 nitrogen and oxygen atoms in total. The van der Waals surface area contributed by atoms with Gasteiger partial charge in [0.05, 0.1) is 17.6 Å². The van der Waals surface area contributed by atoms with E-state index in [2.05, 4.69) is 0 Å². The van der Waals surface area contributed by atoms with Crippen molar-refractivity contribution in [1.29, 1.82) is 0 Å². The monoisotopic (exact) mass is 225 g/mol. The van der Waals surface area contributed by atoms with E-state index in [9.17, 15) is 15.2 Å². The Morgan fingerprint density at radius 2 is 2.12 bits per heavy atom. The van der Waals surface area contributed by atoms with Crippen molar-refractivity contribution in [3.05, 3.63) is 39.9 Å². The van der Waals surface area contributed by atoms with Crippen LogP contribution >= 0.6 is 0 Å². The number of hydrogen-bond donors (Lipinski definition) is 2. The Morgan fingerprint density at radius 3 is 2.62 bits per heavy atom. The van der Waals surface area contributed by atoms with Crippen LogP contribution in [-0.2, 0) is 0 Å². The molecule has 0 aliphatic rings. The fourth-order valence-electron chi connectivity index (χ4n) is 1.35. The molecule has 0 amide bonds. The Kier molecular flexibility index (Phi) is 3.62. The van der Waals surface area contributed by atoms with Crippen LogP contribution in [0.25, 0.3) is 0 Å². The predicted molar refractivity (Wildman–Crippen MR) is 58.9 cm³/mol. The summed E-state index contributed by atoms with van der Waals surface area (Å²) in [6.45, 7) is 3.18. The lowest BCUT2D eigenvalue weighted by Crippen LogP contribution is -2.26. The second-order valence-corrected chi connectivity index (χ2v) is 4.40. The Hall–Kier alpha value is -1.46. The maximum Gasteiger partial charge on any atom is 0.269 e. The molecule has 0 radical (unpaired) electrons. The Morgan fingerprint density at radius 1 is 1.50 bits per heavy atom. The van der Waals surface area contributed by atoms with Gasteiger partial charge in [0.1, 0.15) is 0 Å². The third kappa shape index (κ3) is 2.56. The van der Waals surface area contributed by atoms with E-state index in [1.54, 1.807) is 19.9 Å². The molecule has 0 aliphatic carbocycles. The molecule has 0 saturated carbocycles. The minimum atomic E-state index is -0.933. The molecule has 88 valence electrons. The summed E-state index contributed by atoms with van der Waals surface area (Å²) in [5.41, 5.74) is -0.353. The van der Waals surface area contributed by atoms with Gasteiger partial charge in [-0.1, -0.05) is 26.0 Å². The van der Waals surface area contributed by atoms with Crippen molar-refractivity contribution in [3.8, 4) is 0 Å². The van der Waals surface area contributed by atoms with Crippen LogP contribution in [0.15, 0.2) is 24.3 Å². The van der Waals surface area contributed by atoms with Crippen molar-refractivity contribution < 1.29 is 15.1 Å². The molecule has 5 heteroatoms. The molecule has 0 aromatic heterocycles. The van der Waals surface area contributed by atoms with E-state index in [0.717, 1.165) is 0 Å². The van der Waals surface area contributed by atoms with Gasteiger partial charge in [-0.05, 0) is 5.56 Å². The fourth-order valence-corrected chi connectivity index (χ4v) is 1.35. The smallest absolute Gasteiger partial charge is 0.269 e. The van der Waals surface area contributed by atoms with Crippen LogP contribution in [0, 0.1) is 15.5 Å². The van der Waals surface area contributed by atoms with Crippen molar-refractivity contribution in [3.63, 3.8) is 0 Å². The van der Waals surface area contributed by atoms with Crippen molar-refractivity contribution in [1.82, 2.24) is 0 Å². The van der Waals surface area contributed by atoms with E-state index in [4.69, 9.17) is 5.11 Å². The number of rotatable bonds is 4. The molecule has 1 unspecified atom stereocenters. The van der Waals surface area contributed by atoms with Crippen LogP contribution in [-0.4, -0.2) is 21.7 Å². The molecule has 16 heavy (non-hydrogen) atoms. The second kappa shape index (κ2) is 4.59. The first kappa shape index (κ1) is 12.6. The molecule has 0 fully saturated rings. The van der Waals surface area contributed by atoms with E-state index < -0.39 is 16.4 Å². The minimum absolute atomic E-state index is 0.0645. The van der Waals surface area contributed by atoms with Gasteiger partial charge in [-0.2, -0.15) is 0 Å². The molecule has 2 N–H and O–H groups in total. The van der Waals surface area contributed by atoms with E-state index >= 15 is 0 Å². The summed E-state index contributed by atoms with van der Waals surface area (Å²) in [5, 5.41) is 29.7. The van der Waals surface area contributed by atoms with Crippen molar-refractivity contribution in [2.75, 3.05) is 6.61 Å². The number of aliphatic hydroxyl groups excluding tert-OH is 2. The summed E-state index contributed by atoms with van der Waals surface area (Å²) in [5.74, 6) is 0. The summed E-state index contributed by atoms with van der Waals surface area (Å²) >= 11 is 0. The quantitative estimate of drug-likeness (QED) is 0.602. The first-order valence-corrected chi connectivity index (χ1v) is 4.92. The molecular weight excluding hydrogens is 210 g/mol. The van der Waals surface area contributed by atoms with Crippen LogP contribution in [0.5, 0.6) is 0 Å². The molecule has 0 saturated heterocycles. The highest BCUT2D eigenvalue weighted by Gasteiger charge is 2.29. The van der Waals surface area contributed by atoms with Crippen molar-refractivity contribution in [2.45, 2.75) is 20.0 Å². The number of hydrogen-bond acceptors (Lipinski definition) is 4. The SMILES string of the molecule is CC(C)(CO)C(O)c1cccc([N+](=O)[O-])c1. The molecule has 1 rings (SSSR count). The van der Waals surface area contributed by atoms with Gasteiger partial charge in [-0.3, -0.25) is 10.1 Å². The standard InChI is InChI=1S/C11H15NO4/c1-11(2,7-13)10(14)8-4-3-5-9(6-8)12(15)16/h3-6,10,13-14H,7H2,1-2H3. The zero-order valence-electron chi connectivity index (χ0n) is 9.25. The van der Waals surface area contributed by atoms with Crippen LogP contribution in [0.1, 0.15) is 25.5 Å². The lowest BCUT2D eigenvalue weighted by atomic mass is 9.83. The molecule has 0 aliphatic heterocycles. The van der Waals surface area contributed by atoms with Crippen LogP contribution in [0.4, 0.5) is 5.69 Å². The van der Waals surface area contributed by atoms with Crippen LogP contribution in [0.3, 0.4) is 0 Å². The van der Waals surface area contributed by atoms with Gasteiger partial charge in [0.25, 0.3) is 5.69 Å². The van der Waals surface area contributed by atoms with Crippen molar-refractivity contribution >= 4 is 5.69 Å². The molecule has 1 aromatic rings. The molecule has 1 atom stereocenters. The fraction of sp³-hybridized carbons (Fsp3) is 0.455. The number of nitrogens with zero attached hydrogens (tertiary/aromatic N) is 1. The molecule has 1 aromatic carbocycles. The summed E-state index contributed by atoms with van der Waals surface area (Å²) in [6.07, 6.45) is -0.933. The van der Waals surface area contributed by atoms with E-state index in [1.165, 1.54) is 18.2 Å². The highest BCUT2D eigenvalue weighted by molar-refractivity contribution is 5.35. The number of non-ortho nitro benzene ring substituents is 1. The maximum absolute atomic E-state index is 10.6. The molecule has 0 spiro atoms. The zero-order chi connectivity index (χ0) is 12.3. The average molecular weight is 225 g/mol. The average Bonchev–Trinajstić information content (AvgIpc) is 2.28. The first-order chi connectivity index (χ1) is 7.38. The van der Waals surface area contributed by atoms with Crippen LogP contribution in [0.2, 0.25) is 0 Å². The molecule has 0 heterocycles. The van der Waals surface area contributed by atoms with Crippen molar-refractivity contribution in [2.24, 2.45) is 5.41 Å². The summed E-state index contributed by atoms with van der Waals surface area (Å²) < 4.78 is 0. The van der Waals surface area contributed by atoms with Gasteiger partial charge < -0.3 is 10.2 Å². The number of nitro groups is 1. The first-order valence-electron chi connectivity index (χ1n) is 4.92. The second-order valence-electron chi connectivity index (χ2n) is 4.40. The number of benzene rings is 1. The van der Waals surface area contributed by atoms with E-state index in [-0.39, 0.29) is 12.3 Å². The van der Waals surface area contributed by atoms with Gasteiger partial charge in [-0.15, -0.1) is 0 Å². The predicted octanol–water partition coefficient (Wildman–Crippen LogP) is 1.65. The van der Waals surface area contributed by atoms with E-state index in [1.807, 2.05) is 0 Å². The lowest BCUT2D eigenvalue weighted by molar-refractivity contribution is -0.385. The zero-order valence-corrected chi connectivity index (χ0v) is 9.25. The minimum Gasteiger partial charge on any atom is -0.396 e. The van der Waals surface area contributed by atoms with Crippen LogP contribution < -0.4 is 0 Å². The van der Waals surface area contributed by atoms with E-state index in [0.29, 0.717) is 5.56 Å². The Labute approximate surface area is 93.5 Å². The third-order valence-electron chi connectivity index (χ3n) is 2.54. The highest BCUT2D eigenvalue weighted by atomic mass is 16.6. The summed E-state index contributed by atoms with van der Waals surface area (Å²) in [7, 11) is 0. The van der Waals surface area contributed by atoms with Gasteiger partial charge in [0.15, 0.2) is 0 Å². The summed E-state index contributed by atoms with van der Waals surface area (Å²) in [6, 6.07) is 5.81. The van der Waals surface area contributed by atoms with Gasteiger partial charge in [-0.25, -0.2) is 0 Å². The maximum atomic E-state index is 10.6. The number of aliphatic hydroxyl groups is 2. The topological polar surface area (TPSA) is 83.6 Å². The molecule has 0 bridgehead atoms. The third-order valence-corrected chi connectivity index (χ3v) is 2.54. The Bertz CT molecular complexity index is 389. The van der Waals surface area contributed by atoms with Gasteiger partial charge in [0, 0.05) is 17.5 Å². The molecular formula is C11H15NO4. The Balaban J connectivity index is 3.05. The summed E-state index contributed by atoms with van der Waals surface area (Å²) in [4.78, 5) is 10.1. The number of nitro benzene ring substituents is 1. The lowest BCUT2D eigenvalue weighted by Gasteiger charge is -2.28. The highest BCUT2D eigenvalue weighted by Crippen LogP contribution is 2.33. The van der Waals surface area contributed by atoms with Gasteiger partial charge in [0.2, 0.25) is 0 Å².